The van der Waals surface area contributed by atoms with Gasteiger partial charge in [0.1, 0.15) is 17.4 Å². The van der Waals surface area contributed by atoms with Crippen molar-refractivity contribution >= 4 is 52.4 Å². The minimum atomic E-state index is -4.63. The highest BCUT2D eigenvalue weighted by molar-refractivity contribution is 6.30. The number of ether oxygens (including phenoxy) is 1. The Labute approximate surface area is 268 Å². The summed E-state index contributed by atoms with van der Waals surface area (Å²) in [5.41, 5.74) is 9.91. The van der Waals surface area contributed by atoms with E-state index in [2.05, 4.69) is 36.2 Å². The molecule has 0 radical (unpaired) electrons. The van der Waals surface area contributed by atoms with E-state index >= 15 is 0 Å². The van der Waals surface area contributed by atoms with Crippen LogP contribution in [0.2, 0.25) is 5.02 Å². The van der Waals surface area contributed by atoms with Gasteiger partial charge in [0, 0.05) is 22.8 Å². The van der Waals surface area contributed by atoms with Crippen molar-refractivity contribution in [1.82, 2.24) is 20.3 Å². The van der Waals surface area contributed by atoms with Crippen molar-refractivity contribution in [1.29, 1.82) is 0 Å². The van der Waals surface area contributed by atoms with Gasteiger partial charge in [-0.3, -0.25) is 19.2 Å². The third-order valence-corrected chi connectivity index (χ3v) is 7.46. The van der Waals surface area contributed by atoms with Gasteiger partial charge in [0.25, 0.3) is 16.8 Å². The number of benzene rings is 2. The first-order valence-corrected chi connectivity index (χ1v) is 14.4. The maximum Gasteiger partial charge on any atom is 0.422 e. The third-order valence-electron chi connectivity index (χ3n) is 7.21. The maximum atomic E-state index is 12.9. The molecule has 0 saturated heterocycles. The summed E-state index contributed by atoms with van der Waals surface area (Å²) in [4.78, 5) is 59.8. The van der Waals surface area contributed by atoms with Crippen LogP contribution in [0, 0.1) is 0 Å². The normalized spacial score (nSPS) is 14.2. The SMILES string of the molecule is NC(=O)[C@H](CCNc1c(N)c(=O)c1=O)NC(=O)c1ccc(Nc2nc(NC3(c4ccc(Cl)cc4)CC3)nc(OCC(F)(F)F)n2)cc1. The van der Waals surface area contributed by atoms with Crippen LogP contribution in [0.25, 0.3) is 0 Å². The molecule has 1 aliphatic carbocycles. The van der Waals surface area contributed by atoms with E-state index < -0.39 is 53.0 Å². The largest absolute Gasteiger partial charge is 0.454 e. The van der Waals surface area contributed by atoms with Crippen LogP contribution >= 0.6 is 11.6 Å². The number of nitrogen functional groups attached to an aromatic ring is 1. The van der Waals surface area contributed by atoms with Gasteiger partial charge in [0.2, 0.25) is 17.8 Å². The number of carbonyl (C=O) groups excluding carboxylic acids is 2. The zero-order chi connectivity index (χ0) is 33.9. The standard InChI is InChI=1S/C29H27ClF3N9O5/c30-16-5-3-15(4-6-16)28(10-11-28)42-26-39-25(40-27(41-26)47-13-29(31,32)33)37-17-7-1-14(2-8-17)24(46)38-18(23(35)45)9-12-36-20-19(34)21(43)22(20)44/h1-8,18,36H,9-13,34H2,(H2,35,45)(H,38,46)(H2,37,39,40,41,42)/t18-/m0/s1. The Morgan fingerprint density at radius 2 is 1.64 bits per heavy atom. The van der Waals surface area contributed by atoms with E-state index in [1.54, 1.807) is 12.1 Å². The number of anilines is 5. The maximum absolute atomic E-state index is 12.9. The van der Waals surface area contributed by atoms with Crippen LogP contribution in [0.3, 0.4) is 0 Å². The van der Waals surface area contributed by atoms with Crippen molar-refractivity contribution < 1.29 is 27.5 Å². The van der Waals surface area contributed by atoms with E-state index in [-0.39, 0.29) is 41.8 Å². The minimum absolute atomic E-state index is 0.00718. The molecule has 1 aromatic heterocycles. The van der Waals surface area contributed by atoms with E-state index in [4.69, 9.17) is 27.8 Å². The topological polar surface area (TPSA) is 216 Å². The number of carbonyl (C=O) groups is 2. The number of rotatable bonds is 14. The van der Waals surface area contributed by atoms with Gasteiger partial charge in [-0.2, -0.15) is 28.1 Å². The molecule has 0 spiro atoms. The fourth-order valence-electron chi connectivity index (χ4n) is 4.56. The molecule has 1 saturated carbocycles. The fourth-order valence-corrected chi connectivity index (χ4v) is 4.69. The molecule has 0 aliphatic heterocycles. The molecule has 4 aromatic rings. The number of halogens is 4. The van der Waals surface area contributed by atoms with Crippen LogP contribution in [0.5, 0.6) is 6.01 Å². The van der Waals surface area contributed by atoms with Crippen LogP contribution < -0.4 is 48.3 Å². The van der Waals surface area contributed by atoms with Gasteiger partial charge in [-0.25, -0.2) is 0 Å². The fraction of sp³-hybridized carbons (Fsp3) is 0.276. The lowest BCUT2D eigenvalue weighted by molar-refractivity contribution is -0.154. The van der Waals surface area contributed by atoms with E-state index in [1.165, 1.54) is 24.3 Å². The average molecular weight is 674 g/mol. The predicted octanol–water partition coefficient (Wildman–Crippen LogP) is 2.58. The summed E-state index contributed by atoms with van der Waals surface area (Å²) in [6, 6.07) is 11.2. The summed E-state index contributed by atoms with van der Waals surface area (Å²) in [5.74, 6) is -1.63. The molecule has 14 nitrogen and oxygen atoms in total. The quantitative estimate of drug-likeness (QED) is 0.107. The van der Waals surface area contributed by atoms with Gasteiger partial charge in [-0.05, 0) is 61.2 Å². The smallest absolute Gasteiger partial charge is 0.422 e. The molecule has 5 rings (SSSR count). The molecule has 47 heavy (non-hydrogen) atoms. The molecule has 1 fully saturated rings. The van der Waals surface area contributed by atoms with Crippen molar-refractivity contribution in [2.24, 2.45) is 5.73 Å². The molecule has 8 N–H and O–H groups in total. The first kappa shape index (κ1) is 32.9. The monoisotopic (exact) mass is 673 g/mol. The van der Waals surface area contributed by atoms with Crippen LogP contribution in [0.4, 0.5) is 42.1 Å². The van der Waals surface area contributed by atoms with Crippen molar-refractivity contribution in [3.8, 4) is 6.01 Å². The van der Waals surface area contributed by atoms with Crippen LogP contribution in [0.1, 0.15) is 35.2 Å². The molecule has 1 atom stereocenters. The molecular weight excluding hydrogens is 647 g/mol. The summed E-state index contributed by atoms with van der Waals surface area (Å²) >= 11 is 6.00. The van der Waals surface area contributed by atoms with E-state index in [0.29, 0.717) is 23.6 Å². The van der Waals surface area contributed by atoms with Gasteiger partial charge < -0.3 is 37.5 Å². The van der Waals surface area contributed by atoms with Crippen LogP contribution in [-0.4, -0.2) is 52.1 Å². The lowest BCUT2D eigenvalue weighted by Crippen LogP contribution is -2.46. The van der Waals surface area contributed by atoms with E-state index in [9.17, 15) is 32.3 Å². The highest BCUT2D eigenvalue weighted by Crippen LogP contribution is 2.48. The Morgan fingerprint density at radius 1 is 0.979 bits per heavy atom. The minimum Gasteiger partial charge on any atom is -0.454 e. The third kappa shape index (κ3) is 8.04. The second-order valence-electron chi connectivity index (χ2n) is 10.7. The molecule has 1 aliphatic rings. The second kappa shape index (κ2) is 13.1. The Bertz CT molecular complexity index is 1860. The number of nitrogens with zero attached hydrogens (tertiary/aromatic N) is 3. The molecule has 2 amide bonds. The lowest BCUT2D eigenvalue weighted by Gasteiger charge is -2.19. The van der Waals surface area contributed by atoms with Crippen molar-refractivity contribution in [3.63, 3.8) is 0 Å². The Kier molecular flexibility index (Phi) is 9.19. The first-order chi connectivity index (χ1) is 22.2. The summed E-state index contributed by atoms with van der Waals surface area (Å²) in [6.07, 6.45) is -3.21. The number of amides is 2. The Morgan fingerprint density at radius 3 is 2.23 bits per heavy atom. The van der Waals surface area contributed by atoms with Gasteiger partial charge >= 0.3 is 12.2 Å². The van der Waals surface area contributed by atoms with Gasteiger partial charge in [-0.15, -0.1) is 0 Å². The number of hydrogen-bond acceptors (Lipinski definition) is 12. The van der Waals surface area contributed by atoms with Gasteiger partial charge in [0.05, 0.1) is 5.54 Å². The molecule has 0 bridgehead atoms. The van der Waals surface area contributed by atoms with Gasteiger partial charge in [0.15, 0.2) is 6.61 Å². The van der Waals surface area contributed by atoms with Crippen molar-refractivity contribution in [2.45, 2.75) is 37.0 Å². The summed E-state index contributed by atoms with van der Waals surface area (Å²) < 4.78 is 43.4. The van der Waals surface area contributed by atoms with Crippen LogP contribution in [-0.2, 0) is 10.3 Å². The summed E-state index contributed by atoms with van der Waals surface area (Å²) in [5, 5.41) is 11.7. The van der Waals surface area contributed by atoms with E-state index in [1.807, 2.05) is 12.1 Å². The molecule has 1 heterocycles. The molecular formula is C29H27ClF3N9O5. The molecule has 0 unspecified atom stereocenters. The Hall–Kier alpha value is -5.45. The van der Waals surface area contributed by atoms with Gasteiger partial charge in [-0.1, -0.05) is 23.7 Å². The lowest BCUT2D eigenvalue weighted by atomic mass is 10.1. The summed E-state index contributed by atoms with van der Waals surface area (Å²) in [6.45, 7) is -1.60. The number of hydrogen-bond donors (Lipinski definition) is 6. The van der Waals surface area contributed by atoms with Crippen molar-refractivity contribution in [2.75, 3.05) is 34.8 Å². The average Bonchev–Trinajstić information content (AvgIpc) is 3.81. The number of alkyl halides is 3. The molecule has 18 heteroatoms. The first-order valence-electron chi connectivity index (χ1n) is 14.0. The highest BCUT2D eigenvalue weighted by Gasteiger charge is 2.45. The number of aromatic nitrogens is 3. The zero-order valence-corrected chi connectivity index (χ0v) is 25.0. The predicted molar refractivity (Wildman–Crippen MR) is 166 cm³/mol. The zero-order valence-electron chi connectivity index (χ0n) is 24.3. The molecule has 3 aromatic carbocycles. The Balaban J connectivity index is 1.25. The number of nitrogens with one attached hydrogen (secondary N) is 4. The number of nitrogens with two attached hydrogens (primary N) is 2. The summed E-state index contributed by atoms with van der Waals surface area (Å²) in [7, 11) is 0. The molecule has 246 valence electrons. The van der Waals surface area contributed by atoms with Crippen molar-refractivity contribution in [3.05, 3.63) is 85.1 Å². The van der Waals surface area contributed by atoms with E-state index in [0.717, 1.165) is 5.56 Å². The highest BCUT2D eigenvalue weighted by atomic mass is 35.5. The van der Waals surface area contributed by atoms with Crippen LogP contribution in [0.15, 0.2) is 58.1 Å². The second-order valence-corrected chi connectivity index (χ2v) is 11.1. The number of primary amides is 1.